The Morgan fingerprint density at radius 2 is 1.80 bits per heavy atom. The van der Waals surface area contributed by atoms with Crippen molar-refractivity contribution < 1.29 is 19.3 Å². The monoisotopic (exact) mass is 521 g/mol. The van der Waals surface area contributed by atoms with Gasteiger partial charge in [-0.05, 0) is 72.3 Å². The number of carbonyl (C=O) groups is 3. The molecule has 30 heavy (non-hydrogen) atoms. The molecule has 2 aromatic rings. The van der Waals surface area contributed by atoms with Crippen LogP contribution in [-0.4, -0.2) is 39.6 Å². The average Bonchev–Trinajstić information content (AvgIpc) is 3.02. The Balaban J connectivity index is 1.92. The minimum Gasteiger partial charge on any atom is -0.323 e. The molecule has 1 heterocycles. The van der Waals surface area contributed by atoms with Gasteiger partial charge in [0.1, 0.15) is 6.04 Å². The lowest BCUT2D eigenvalue weighted by atomic mass is 10.1. The Bertz CT molecular complexity index is 991. The average molecular weight is 521 g/mol. The van der Waals surface area contributed by atoms with Crippen LogP contribution in [0.3, 0.4) is 0 Å². The minimum atomic E-state index is -0.922. The van der Waals surface area contributed by atoms with Crippen LogP contribution in [-0.2, 0) is 9.59 Å². The van der Waals surface area contributed by atoms with Gasteiger partial charge in [0.15, 0.2) is 0 Å². The number of carbonyl (C=O) groups excluding carboxylic acids is 3. The molecular weight excluding hydrogens is 501 g/mol. The van der Waals surface area contributed by atoms with Gasteiger partial charge in [-0.25, -0.2) is 4.90 Å². The second kappa shape index (κ2) is 8.90. The number of rotatable bonds is 6. The number of anilines is 1. The zero-order valence-corrected chi connectivity index (χ0v) is 18.6. The fraction of sp³-hybridized carbons (Fsp3) is 0.286. The summed E-state index contributed by atoms with van der Waals surface area (Å²) >= 11 is 2.14. The second-order valence-electron chi connectivity index (χ2n) is 7.04. The third kappa shape index (κ3) is 4.20. The molecule has 0 radical (unpaired) electrons. The maximum Gasteiger partial charge on any atom is 0.269 e. The smallest absolute Gasteiger partial charge is 0.269 e. The lowest BCUT2D eigenvalue weighted by Gasteiger charge is -2.33. The largest absolute Gasteiger partial charge is 0.323 e. The maximum absolute atomic E-state index is 13.2. The molecule has 9 heteroatoms. The highest BCUT2D eigenvalue weighted by Crippen LogP contribution is 2.29. The Labute approximate surface area is 187 Å². The summed E-state index contributed by atoms with van der Waals surface area (Å²) in [6.45, 7) is 3.70. The summed E-state index contributed by atoms with van der Waals surface area (Å²) in [5, 5.41) is 10.9. The first-order chi connectivity index (χ1) is 14.2. The Morgan fingerprint density at radius 3 is 2.33 bits per heavy atom. The van der Waals surface area contributed by atoms with E-state index in [0.717, 1.165) is 8.47 Å². The number of nitro groups is 1. The number of non-ortho nitro benzene ring substituents is 1. The van der Waals surface area contributed by atoms with Crippen LogP contribution in [0.4, 0.5) is 11.4 Å². The molecule has 3 rings (SSSR count). The van der Waals surface area contributed by atoms with Gasteiger partial charge in [-0.15, -0.1) is 0 Å². The molecule has 2 atom stereocenters. The molecule has 3 amide bonds. The van der Waals surface area contributed by atoms with E-state index < -0.39 is 22.8 Å². The van der Waals surface area contributed by atoms with Crippen LogP contribution in [0.15, 0.2) is 48.5 Å². The van der Waals surface area contributed by atoms with Gasteiger partial charge in [0.25, 0.3) is 17.5 Å². The summed E-state index contributed by atoms with van der Waals surface area (Å²) in [6.07, 6.45) is 0.480. The highest BCUT2D eigenvalue weighted by atomic mass is 127. The number of hydrogen-bond donors (Lipinski definition) is 0. The Morgan fingerprint density at radius 1 is 1.20 bits per heavy atom. The molecule has 1 saturated heterocycles. The van der Waals surface area contributed by atoms with Crippen molar-refractivity contribution in [1.82, 2.24) is 4.90 Å². The van der Waals surface area contributed by atoms with Gasteiger partial charge in [0.2, 0.25) is 5.91 Å². The number of amides is 3. The lowest BCUT2D eigenvalue weighted by Crippen LogP contribution is -2.49. The van der Waals surface area contributed by atoms with E-state index in [4.69, 9.17) is 0 Å². The maximum atomic E-state index is 13.2. The van der Waals surface area contributed by atoms with Gasteiger partial charge < -0.3 is 4.90 Å². The van der Waals surface area contributed by atoms with Crippen molar-refractivity contribution in [3.63, 3.8) is 0 Å². The molecule has 1 aliphatic rings. The Hall–Kier alpha value is -2.82. The molecule has 156 valence electrons. The quantitative estimate of drug-likeness (QED) is 0.249. The van der Waals surface area contributed by atoms with Crippen LogP contribution in [0.1, 0.15) is 37.0 Å². The number of imide groups is 1. The fourth-order valence-corrected chi connectivity index (χ4v) is 3.77. The van der Waals surface area contributed by atoms with Gasteiger partial charge in [-0.3, -0.25) is 24.5 Å². The summed E-state index contributed by atoms with van der Waals surface area (Å²) in [4.78, 5) is 51.9. The third-order valence-corrected chi connectivity index (χ3v) is 5.89. The molecular formula is C21H20IN3O5. The first kappa shape index (κ1) is 21.9. The van der Waals surface area contributed by atoms with Crippen molar-refractivity contribution in [1.29, 1.82) is 0 Å². The summed E-state index contributed by atoms with van der Waals surface area (Å²) in [5.74, 6) is -1.25. The number of halogens is 1. The zero-order valence-electron chi connectivity index (χ0n) is 16.4. The molecule has 2 unspecified atom stereocenters. The standard InChI is InChI=1S/C21H20IN3O5/c1-3-13(2)23(20(27)14-4-8-17(9-5-14)25(29)30)18-12-19(26)24(21(18)28)16-10-6-15(22)7-11-16/h4-11,13,18H,3,12H2,1-2H3. The van der Waals surface area contributed by atoms with E-state index in [1.54, 1.807) is 24.3 Å². The van der Waals surface area contributed by atoms with E-state index >= 15 is 0 Å². The van der Waals surface area contributed by atoms with Crippen LogP contribution >= 0.6 is 22.6 Å². The van der Waals surface area contributed by atoms with Gasteiger partial charge >= 0.3 is 0 Å². The van der Waals surface area contributed by atoms with Crippen molar-refractivity contribution in [2.24, 2.45) is 0 Å². The zero-order chi connectivity index (χ0) is 22.0. The van der Waals surface area contributed by atoms with Crippen LogP contribution in [0.2, 0.25) is 0 Å². The van der Waals surface area contributed by atoms with Crippen molar-refractivity contribution in [3.8, 4) is 0 Å². The number of hydrogen-bond acceptors (Lipinski definition) is 5. The van der Waals surface area contributed by atoms with Crippen molar-refractivity contribution >= 4 is 51.7 Å². The first-order valence-corrected chi connectivity index (χ1v) is 10.5. The summed E-state index contributed by atoms with van der Waals surface area (Å²) in [5.41, 5.74) is 0.576. The molecule has 0 aromatic heterocycles. The van der Waals surface area contributed by atoms with Gasteiger partial charge in [0.05, 0.1) is 17.0 Å². The highest BCUT2D eigenvalue weighted by Gasteiger charge is 2.45. The van der Waals surface area contributed by atoms with Crippen molar-refractivity contribution in [3.05, 3.63) is 67.8 Å². The van der Waals surface area contributed by atoms with E-state index in [-0.39, 0.29) is 29.6 Å². The number of nitro benzene ring substituents is 1. The van der Waals surface area contributed by atoms with Crippen LogP contribution in [0.5, 0.6) is 0 Å². The SMILES string of the molecule is CCC(C)N(C(=O)c1ccc([N+](=O)[O-])cc1)C1CC(=O)N(c2ccc(I)cc2)C1=O. The summed E-state index contributed by atoms with van der Waals surface area (Å²) in [7, 11) is 0. The molecule has 1 fully saturated rings. The second-order valence-corrected chi connectivity index (χ2v) is 8.28. The fourth-order valence-electron chi connectivity index (χ4n) is 3.42. The Kier molecular flexibility index (Phi) is 6.49. The number of benzene rings is 2. The van der Waals surface area contributed by atoms with E-state index in [2.05, 4.69) is 22.6 Å². The molecule has 8 nitrogen and oxygen atoms in total. The molecule has 1 aliphatic heterocycles. The van der Waals surface area contributed by atoms with Gasteiger partial charge in [-0.2, -0.15) is 0 Å². The molecule has 0 aliphatic carbocycles. The highest BCUT2D eigenvalue weighted by molar-refractivity contribution is 14.1. The predicted octanol–water partition coefficient (Wildman–Crippen LogP) is 3.77. The third-order valence-electron chi connectivity index (χ3n) is 5.17. The topological polar surface area (TPSA) is 101 Å². The van der Waals surface area contributed by atoms with Crippen molar-refractivity contribution in [2.75, 3.05) is 4.90 Å². The molecule has 0 N–H and O–H groups in total. The van der Waals surface area contributed by atoms with E-state index in [1.165, 1.54) is 29.2 Å². The lowest BCUT2D eigenvalue weighted by molar-refractivity contribution is -0.384. The summed E-state index contributed by atoms with van der Waals surface area (Å²) in [6, 6.07) is 11.0. The van der Waals surface area contributed by atoms with Crippen LogP contribution in [0.25, 0.3) is 0 Å². The summed E-state index contributed by atoms with van der Waals surface area (Å²) < 4.78 is 0.974. The van der Waals surface area contributed by atoms with E-state index in [1.807, 2.05) is 13.8 Å². The van der Waals surface area contributed by atoms with Crippen LogP contribution < -0.4 is 4.90 Å². The molecule has 0 bridgehead atoms. The minimum absolute atomic E-state index is 0.103. The van der Waals surface area contributed by atoms with Gasteiger partial charge in [-0.1, -0.05) is 6.92 Å². The van der Waals surface area contributed by atoms with Crippen molar-refractivity contribution in [2.45, 2.75) is 38.8 Å². The molecule has 0 spiro atoms. The van der Waals surface area contributed by atoms with E-state index in [9.17, 15) is 24.5 Å². The number of nitrogens with zero attached hydrogens (tertiary/aromatic N) is 3. The van der Waals surface area contributed by atoms with Gasteiger partial charge in [0, 0.05) is 27.3 Å². The predicted molar refractivity (Wildman–Crippen MR) is 119 cm³/mol. The molecule has 2 aromatic carbocycles. The normalized spacial score (nSPS) is 17.2. The molecule has 0 saturated carbocycles. The van der Waals surface area contributed by atoms with Crippen LogP contribution in [0, 0.1) is 13.7 Å². The first-order valence-electron chi connectivity index (χ1n) is 9.44. The van der Waals surface area contributed by atoms with E-state index in [0.29, 0.717) is 12.1 Å².